The van der Waals surface area contributed by atoms with Crippen LogP contribution in [0, 0.1) is 5.82 Å². The van der Waals surface area contributed by atoms with Gasteiger partial charge in [0.1, 0.15) is 5.82 Å². The summed E-state index contributed by atoms with van der Waals surface area (Å²) in [7, 11) is 0. The van der Waals surface area contributed by atoms with Gasteiger partial charge in [0.2, 0.25) is 5.91 Å². The van der Waals surface area contributed by atoms with Crippen molar-refractivity contribution in [1.82, 2.24) is 25.1 Å². The molecule has 9 heteroatoms. The lowest BCUT2D eigenvalue weighted by atomic mass is 10.1. The molecule has 6 nitrogen and oxygen atoms in total. The van der Waals surface area contributed by atoms with Crippen LogP contribution in [0.2, 0.25) is 0 Å². The highest BCUT2D eigenvalue weighted by atomic mass is 32.2. The number of thioether (sulfide) groups is 1. The second-order valence-corrected chi connectivity index (χ2v) is 9.42. The Balaban J connectivity index is 1.31. The van der Waals surface area contributed by atoms with E-state index in [1.807, 2.05) is 29.6 Å². The fraction of sp³-hybridized carbons (Fsp3) is 0.217. The highest BCUT2D eigenvalue weighted by Gasteiger charge is 2.30. The predicted molar refractivity (Wildman–Crippen MR) is 123 cm³/mol. The van der Waals surface area contributed by atoms with Crippen LogP contribution in [0.25, 0.3) is 11.4 Å². The lowest BCUT2D eigenvalue weighted by Crippen LogP contribution is -2.30. The second kappa shape index (κ2) is 9.22. The summed E-state index contributed by atoms with van der Waals surface area (Å²) in [6.07, 6.45) is 5.64. The molecule has 1 amide bonds. The van der Waals surface area contributed by atoms with Crippen molar-refractivity contribution in [3.05, 3.63) is 82.6 Å². The Morgan fingerprint density at radius 2 is 1.94 bits per heavy atom. The van der Waals surface area contributed by atoms with E-state index >= 15 is 0 Å². The van der Waals surface area contributed by atoms with Gasteiger partial charge in [0.05, 0.1) is 11.8 Å². The molecule has 0 bridgehead atoms. The van der Waals surface area contributed by atoms with Crippen molar-refractivity contribution in [2.24, 2.45) is 0 Å². The van der Waals surface area contributed by atoms with Crippen LogP contribution in [0.15, 0.2) is 71.5 Å². The zero-order chi connectivity index (χ0) is 21.9. The van der Waals surface area contributed by atoms with Crippen LogP contribution in [0.1, 0.15) is 35.4 Å². The van der Waals surface area contributed by atoms with E-state index in [1.54, 1.807) is 35.9 Å². The van der Waals surface area contributed by atoms with Gasteiger partial charge in [-0.05, 0) is 54.1 Å². The number of amides is 1. The molecule has 1 saturated carbocycles. The number of rotatable bonds is 8. The quantitative estimate of drug-likeness (QED) is 0.376. The van der Waals surface area contributed by atoms with Crippen molar-refractivity contribution < 1.29 is 9.18 Å². The minimum atomic E-state index is -0.322. The van der Waals surface area contributed by atoms with E-state index in [-0.39, 0.29) is 23.5 Å². The molecule has 1 unspecified atom stereocenters. The largest absolute Gasteiger partial charge is 0.344 e. The first kappa shape index (κ1) is 20.8. The number of nitrogens with one attached hydrogen (secondary N) is 1. The van der Waals surface area contributed by atoms with Gasteiger partial charge < -0.3 is 5.32 Å². The lowest BCUT2D eigenvalue weighted by Gasteiger charge is -2.18. The zero-order valence-corrected chi connectivity index (χ0v) is 18.7. The van der Waals surface area contributed by atoms with Crippen LogP contribution in [0.4, 0.5) is 4.39 Å². The molecule has 5 rings (SSSR count). The summed E-state index contributed by atoms with van der Waals surface area (Å²) in [5, 5.41) is 14.5. The highest BCUT2D eigenvalue weighted by molar-refractivity contribution is 7.99. The third-order valence-corrected chi connectivity index (χ3v) is 7.06. The molecule has 1 aromatic carbocycles. The number of thiophene rings is 1. The summed E-state index contributed by atoms with van der Waals surface area (Å²) < 4.78 is 15.5. The molecule has 0 radical (unpaired) electrons. The van der Waals surface area contributed by atoms with Crippen molar-refractivity contribution in [1.29, 1.82) is 0 Å². The summed E-state index contributed by atoms with van der Waals surface area (Å²) >= 11 is 2.94. The highest BCUT2D eigenvalue weighted by Crippen LogP contribution is 2.41. The van der Waals surface area contributed by atoms with E-state index in [0.29, 0.717) is 6.04 Å². The summed E-state index contributed by atoms with van der Waals surface area (Å²) in [6.45, 7) is 0. The molecule has 0 aliphatic heterocycles. The molecule has 1 N–H and O–H groups in total. The Kier molecular flexibility index (Phi) is 6.00. The van der Waals surface area contributed by atoms with Gasteiger partial charge in [-0.15, -0.1) is 21.5 Å². The Morgan fingerprint density at radius 3 is 2.62 bits per heavy atom. The summed E-state index contributed by atoms with van der Waals surface area (Å²) in [5.41, 5.74) is 1.80. The molecule has 1 atom stereocenters. The summed E-state index contributed by atoms with van der Waals surface area (Å²) in [6, 6.07) is 14.0. The minimum absolute atomic E-state index is 0.117. The van der Waals surface area contributed by atoms with Crippen LogP contribution in [0.3, 0.4) is 0 Å². The summed E-state index contributed by atoms with van der Waals surface area (Å²) in [4.78, 5) is 17.9. The number of hydrogen-bond acceptors (Lipinski definition) is 6. The maximum Gasteiger partial charge on any atom is 0.231 e. The fourth-order valence-corrected chi connectivity index (χ4v) is 5.12. The van der Waals surface area contributed by atoms with E-state index in [4.69, 9.17) is 0 Å². The molecular formula is C23H20FN5OS2. The topological polar surface area (TPSA) is 72.7 Å². The molecule has 1 aliphatic rings. The van der Waals surface area contributed by atoms with Crippen LogP contribution in [0.5, 0.6) is 0 Å². The first-order valence-electron chi connectivity index (χ1n) is 10.3. The Labute approximate surface area is 192 Å². The normalized spacial score (nSPS) is 14.3. The Morgan fingerprint density at radius 1 is 1.16 bits per heavy atom. The first-order chi connectivity index (χ1) is 15.7. The molecule has 0 saturated heterocycles. The minimum Gasteiger partial charge on any atom is -0.344 e. The summed E-state index contributed by atoms with van der Waals surface area (Å²) in [5.74, 6) is 0.601. The molecule has 4 aromatic rings. The Hall–Kier alpha value is -3.04. The van der Waals surface area contributed by atoms with Gasteiger partial charge in [-0.3, -0.25) is 14.3 Å². The number of nitrogens with zero attached hydrogens (tertiary/aromatic N) is 4. The van der Waals surface area contributed by atoms with Crippen LogP contribution < -0.4 is 5.32 Å². The standard InChI is InChI=1S/C23H20FN5OS2/c24-17-5-3-15(4-6-17)21(19-2-1-13-31-19)26-20(30)14-32-23-28-27-22(29(23)18-7-8-18)16-9-11-25-12-10-16/h1-6,9-13,18,21H,7-8,14H2,(H,26,30). The van der Waals surface area contributed by atoms with Crippen LogP contribution >= 0.6 is 23.1 Å². The van der Waals surface area contributed by atoms with Crippen LogP contribution in [-0.4, -0.2) is 31.4 Å². The van der Waals surface area contributed by atoms with Gasteiger partial charge in [0, 0.05) is 28.9 Å². The van der Waals surface area contributed by atoms with Crippen molar-refractivity contribution in [3.63, 3.8) is 0 Å². The Bertz CT molecular complexity index is 1190. The maximum atomic E-state index is 13.4. The third-order valence-electron chi connectivity index (χ3n) is 5.18. The number of benzene rings is 1. The van der Waals surface area contributed by atoms with E-state index in [1.165, 1.54) is 23.9 Å². The number of hydrogen-bond donors (Lipinski definition) is 1. The van der Waals surface area contributed by atoms with E-state index in [0.717, 1.165) is 39.8 Å². The molecule has 162 valence electrons. The van der Waals surface area contributed by atoms with Gasteiger partial charge in [-0.25, -0.2) is 4.39 Å². The average Bonchev–Trinajstić information content (AvgIpc) is 3.33. The van der Waals surface area contributed by atoms with Gasteiger partial charge in [-0.2, -0.15) is 0 Å². The molecule has 32 heavy (non-hydrogen) atoms. The predicted octanol–water partition coefficient (Wildman–Crippen LogP) is 4.87. The van der Waals surface area contributed by atoms with Crippen molar-refractivity contribution in [2.45, 2.75) is 30.1 Å². The number of aromatic nitrogens is 4. The molecular weight excluding hydrogens is 445 g/mol. The fourth-order valence-electron chi connectivity index (χ4n) is 3.50. The van der Waals surface area contributed by atoms with Crippen molar-refractivity contribution >= 4 is 29.0 Å². The molecule has 1 aliphatic carbocycles. The third kappa shape index (κ3) is 4.58. The number of pyridine rings is 1. The number of carbonyl (C=O) groups is 1. The smallest absolute Gasteiger partial charge is 0.231 e. The van der Waals surface area contributed by atoms with Gasteiger partial charge in [-0.1, -0.05) is 30.0 Å². The first-order valence-corrected chi connectivity index (χ1v) is 12.1. The van der Waals surface area contributed by atoms with E-state index in [2.05, 4.69) is 25.1 Å². The SMILES string of the molecule is O=C(CSc1nnc(-c2ccncc2)n1C1CC1)NC(c1ccc(F)cc1)c1cccs1. The lowest BCUT2D eigenvalue weighted by molar-refractivity contribution is -0.119. The van der Waals surface area contributed by atoms with Crippen molar-refractivity contribution in [3.8, 4) is 11.4 Å². The van der Waals surface area contributed by atoms with Crippen molar-refractivity contribution in [2.75, 3.05) is 5.75 Å². The monoisotopic (exact) mass is 465 g/mol. The van der Waals surface area contributed by atoms with Gasteiger partial charge in [0.25, 0.3) is 0 Å². The molecule has 3 aromatic heterocycles. The zero-order valence-electron chi connectivity index (χ0n) is 17.0. The number of carbonyl (C=O) groups excluding carboxylic acids is 1. The molecule has 1 fully saturated rings. The van der Waals surface area contributed by atoms with E-state index in [9.17, 15) is 9.18 Å². The van der Waals surface area contributed by atoms with E-state index < -0.39 is 0 Å². The van der Waals surface area contributed by atoms with Gasteiger partial charge in [0.15, 0.2) is 11.0 Å². The van der Waals surface area contributed by atoms with Gasteiger partial charge >= 0.3 is 0 Å². The van der Waals surface area contributed by atoms with Crippen LogP contribution in [-0.2, 0) is 4.79 Å². The molecule has 0 spiro atoms. The average molecular weight is 466 g/mol. The number of halogens is 1. The molecule has 3 heterocycles. The maximum absolute atomic E-state index is 13.4. The second-order valence-electron chi connectivity index (χ2n) is 7.50.